The number of rotatable bonds is 3. The molecule has 4 rings (SSSR count). The SMILES string of the molecule is CNc1nc(N2CC[C@H](c3ccc4ccccc4c3)[C@@H](O)C2)ncc1F. The molecule has 134 valence electrons. The number of piperidine rings is 1. The van der Waals surface area contributed by atoms with Crippen LogP contribution in [0.2, 0.25) is 0 Å². The molecule has 1 aliphatic rings. The van der Waals surface area contributed by atoms with Crippen LogP contribution in [0.3, 0.4) is 0 Å². The van der Waals surface area contributed by atoms with E-state index in [2.05, 4.69) is 45.6 Å². The molecular weight excluding hydrogens is 331 g/mol. The fourth-order valence-electron chi connectivity index (χ4n) is 3.63. The molecule has 1 aliphatic heterocycles. The molecule has 3 aromatic rings. The number of aliphatic hydroxyl groups excluding tert-OH is 1. The van der Waals surface area contributed by atoms with E-state index in [4.69, 9.17) is 0 Å². The summed E-state index contributed by atoms with van der Waals surface area (Å²) in [7, 11) is 1.62. The van der Waals surface area contributed by atoms with E-state index in [1.54, 1.807) is 7.05 Å². The average Bonchev–Trinajstić information content (AvgIpc) is 2.68. The van der Waals surface area contributed by atoms with Crippen LogP contribution in [0.4, 0.5) is 16.2 Å². The van der Waals surface area contributed by atoms with Gasteiger partial charge >= 0.3 is 0 Å². The van der Waals surface area contributed by atoms with Crippen molar-refractivity contribution in [1.29, 1.82) is 0 Å². The van der Waals surface area contributed by atoms with E-state index in [0.29, 0.717) is 19.0 Å². The number of aromatic nitrogens is 2. The fourth-order valence-corrected chi connectivity index (χ4v) is 3.63. The summed E-state index contributed by atoms with van der Waals surface area (Å²) in [4.78, 5) is 10.2. The van der Waals surface area contributed by atoms with Crippen molar-refractivity contribution < 1.29 is 9.50 Å². The van der Waals surface area contributed by atoms with Crippen molar-refractivity contribution in [1.82, 2.24) is 9.97 Å². The minimum Gasteiger partial charge on any atom is -0.391 e. The third-order valence-corrected chi connectivity index (χ3v) is 5.03. The number of nitrogens with zero attached hydrogens (tertiary/aromatic N) is 3. The van der Waals surface area contributed by atoms with Gasteiger partial charge in [-0.2, -0.15) is 4.98 Å². The van der Waals surface area contributed by atoms with E-state index in [9.17, 15) is 9.50 Å². The number of β-amino-alcohol motifs (C(OH)–C–C–N with tert-alkyl or cyclic N) is 1. The lowest BCUT2D eigenvalue weighted by Gasteiger charge is -2.36. The lowest BCUT2D eigenvalue weighted by Crippen LogP contribution is -2.43. The maximum absolute atomic E-state index is 13.6. The highest BCUT2D eigenvalue weighted by Crippen LogP contribution is 2.32. The van der Waals surface area contributed by atoms with E-state index < -0.39 is 11.9 Å². The summed E-state index contributed by atoms with van der Waals surface area (Å²) in [6.45, 7) is 1.13. The third kappa shape index (κ3) is 3.08. The molecule has 1 fully saturated rings. The summed E-state index contributed by atoms with van der Waals surface area (Å²) >= 11 is 0. The minimum atomic E-state index is -0.531. The highest BCUT2D eigenvalue weighted by atomic mass is 19.1. The Balaban J connectivity index is 1.54. The summed E-state index contributed by atoms with van der Waals surface area (Å²) < 4.78 is 13.6. The molecule has 26 heavy (non-hydrogen) atoms. The lowest BCUT2D eigenvalue weighted by molar-refractivity contribution is 0.129. The van der Waals surface area contributed by atoms with Crippen molar-refractivity contribution in [3.8, 4) is 0 Å². The number of nitrogens with one attached hydrogen (secondary N) is 1. The zero-order valence-corrected chi connectivity index (χ0v) is 14.6. The van der Waals surface area contributed by atoms with Gasteiger partial charge < -0.3 is 15.3 Å². The van der Waals surface area contributed by atoms with Crippen molar-refractivity contribution in [2.75, 3.05) is 30.4 Å². The summed E-state index contributed by atoms with van der Waals surface area (Å²) in [5.74, 6) is 0.191. The molecule has 2 heterocycles. The molecule has 0 saturated carbocycles. The van der Waals surface area contributed by atoms with Gasteiger partial charge in [0, 0.05) is 26.1 Å². The maximum atomic E-state index is 13.6. The molecule has 1 aromatic heterocycles. The number of aliphatic hydroxyl groups is 1. The Morgan fingerprint density at radius 2 is 2.00 bits per heavy atom. The van der Waals surface area contributed by atoms with E-state index in [-0.39, 0.29) is 11.7 Å². The van der Waals surface area contributed by atoms with Gasteiger partial charge in [0.2, 0.25) is 5.95 Å². The Bertz CT molecular complexity index is 933. The van der Waals surface area contributed by atoms with Crippen LogP contribution in [-0.4, -0.2) is 41.3 Å². The van der Waals surface area contributed by atoms with Gasteiger partial charge in [0.1, 0.15) is 0 Å². The first-order chi connectivity index (χ1) is 12.7. The summed E-state index contributed by atoms with van der Waals surface area (Å²) in [6, 6.07) is 14.6. The molecule has 0 aliphatic carbocycles. The Kier molecular flexibility index (Phi) is 4.42. The molecule has 5 nitrogen and oxygen atoms in total. The molecule has 0 amide bonds. The van der Waals surface area contributed by atoms with Gasteiger partial charge in [0.15, 0.2) is 11.6 Å². The van der Waals surface area contributed by atoms with Gasteiger partial charge in [-0.1, -0.05) is 42.5 Å². The van der Waals surface area contributed by atoms with Crippen molar-refractivity contribution in [3.63, 3.8) is 0 Å². The number of halogens is 1. The van der Waals surface area contributed by atoms with E-state index in [1.165, 1.54) is 10.8 Å². The van der Waals surface area contributed by atoms with Crippen molar-refractivity contribution in [2.24, 2.45) is 0 Å². The summed E-state index contributed by atoms with van der Waals surface area (Å²) in [5, 5.41) is 15.8. The second kappa shape index (κ2) is 6.88. The van der Waals surface area contributed by atoms with Crippen LogP contribution in [0, 0.1) is 5.82 Å². The van der Waals surface area contributed by atoms with Crippen molar-refractivity contribution >= 4 is 22.5 Å². The molecule has 0 bridgehead atoms. The van der Waals surface area contributed by atoms with Gasteiger partial charge in [0.05, 0.1) is 12.3 Å². The smallest absolute Gasteiger partial charge is 0.227 e. The second-order valence-electron chi connectivity index (χ2n) is 6.63. The molecule has 2 aromatic carbocycles. The van der Waals surface area contributed by atoms with Crippen LogP contribution in [0.5, 0.6) is 0 Å². The lowest BCUT2D eigenvalue weighted by atomic mass is 9.86. The normalized spacial score (nSPS) is 20.3. The van der Waals surface area contributed by atoms with Gasteiger partial charge in [-0.05, 0) is 22.8 Å². The molecule has 6 heteroatoms. The number of fused-ring (bicyclic) bond motifs is 1. The first-order valence-electron chi connectivity index (χ1n) is 8.77. The van der Waals surface area contributed by atoms with Gasteiger partial charge in [-0.15, -0.1) is 0 Å². The molecule has 2 atom stereocenters. The highest BCUT2D eigenvalue weighted by Gasteiger charge is 2.30. The fraction of sp³-hybridized carbons (Fsp3) is 0.300. The molecule has 0 radical (unpaired) electrons. The zero-order chi connectivity index (χ0) is 18.1. The monoisotopic (exact) mass is 352 g/mol. The molecule has 0 unspecified atom stereocenters. The van der Waals surface area contributed by atoms with E-state index in [0.717, 1.165) is 18.2 Å². The first kappa shape index (κ1) is 16.7. The van der Waals surface area contributed by atoms with Gasteiger partial charge in [-0.25, -0.2) is 9.37 Å². The van der Waals surface area contributed by atoms with Gasteiger partial charge in [-0.3, -0.25) is 0 Å². The van der Waals surface area contributed by atoms with Crippen LogP contribution in [0.15, 0.2) is 48.7 Å². The minimum absolute atomic E-state index is 0.0695. The zero-order valence-electron chi connectivity index (χ0n) is 14.6. The molecular formula is C20H21FN4O. The second-order valence-corrected chi connectivity index (χ2v) is 6.63. The number of hydrogen-bond acceptors (Lipinski definition) is 5. The van der Waals surface area contributed by atoms with Gasteiger partial charge in [0.25, 0.3) is 0 Å². The Morgan fingerprint density at radius 3 is 2.77 bits per heavy atom. The highest BCUT2D eigenvalue weighted by molar-refractivity contribution is 5.83. The molecule has 1 saturated heterocycles. The first-order valence-corrected chi connectivity index (χ1v) is 8.77. The van der Waals surface area contributed by atoms with Crippen LogP contribution in [0.25, 0.3) is 10.8 Å². The van der Waals surface area contributed by atoms with Crippen LogP contribution < -0.4 is 10.2 Å². The Morgan fingerprint density at radius 1 is 1.19 bits per heavy atom. The predicted molar refractivity (Wildman–Crippen MR) is 101 cm³/mol. The number of hydrogen-bond donors (Lipinski definition) is 2. The molecule has 0 spiro atoms. The quantitative estimate of drug-likeness (QED) is 0.758. The standard InChI is InChI=1S/C20H21FN4O/c1-22-19-17(21)11-23-20(24-19)25-9-8-16(18(26)12-25)15-7-6-13-4-2-3-5-14(13)10-15/h2-7,10-11,16,18,26H,8-9,12H2,1H3,(H,22,23,24)/t16-,18+/m1/s1. The predicted octanol–water partition coefficient (Wildman–Crippen LogP) is 3.17. The number of benzene rings is 2. The van der Waals surface area contributed by atoms with Crippen LogP contribution in [0.1, 0.15) is 17.9 Å². The Hall–Kier alpha value is -2.73. The summed E-state index contributed by atoms with van der Waals surface area (Å²) in [5.41, 5.74) is 1.15. The van der Waals surface area contributed by atoms with Crippen LogP contribution in [-0.2, 0) is 0 Å². The maximum Gasteiger partial charge on any atom is 0.227 e. The average molecular weight is 352 g/mol. The van der Waals surface area contributed by atoms with E-state index in [1.807, 2.05) is 17.0 Å². The molecule has 2 N–H and O–H groups in total. The topological polar surface area (TPSA) is 61.3 Å². The summed E-state index contributed by atoms with van der Waals surface area (Å²) in [6.07, 6.45) is 1.42. The number of anilines is 2. The van der Waals surface area contributed by atoms with Crippen molar-refractivity contribution in [3.05, 3.63) is 60.0 Å². The van der Waals surface area contributed by atoms with Crippen molar-refractivity contribution in [2.45, 2.75) is 18.4 Å². The third-order valence-electron chi connectivity index (χ3n) is 5.03. The largest absolute Gasteiger partial charge is 0.391 e. The van der Waals surface area contributed by atoms with Crippen LogP contribution >= 0.6 is 0 Å². The Labute approximate surface area is 151 Å². The van der Waals surface area contributed by atoms with E-state index >= 15 is 0 Å².